The van der Waals surface area contributed by atoms with Gasteiger partial charge in [-0.1, -0.05) is 78.9 Å². The summed E-state index contributed by atoms with van der Waals surface area (Å²) in [5, 5.41) is 0. The first-order valence-corrected chi connectivity index (χ1v) is 13.0. The van der Waals surface area contributed by atoms with Crippen LogP contribution in [0.25, 0.3) is 6.08 Å². The number of hydrogen-bond acceptors (Lipinski definition) is 6. The normalized spacial score (nSPS) is 15.1. The van der Waals surface area contributed by atoms with E-state index in [2.05, 4.69) is 4.99 Å². The van der Waals surface area contributed by atoms with E-state index in [9.17, 15) is 14.0 Å². The Kier molecular flexibility index (Phi) is 7.33. The lowest BCUT2D eigenvalue weighted by atomic mass is 9.95. The van der Waals surface area contributed by atoms with Gasteiger partial charge in [-0.05, 0) is 41.8 Å². The maximum atomic E-state index is 14.0. The molecule has 0 aliphatic carbocycles. The number of fused-ring (bicyclic) bond motifs is 1. The number of thiazole rings is 1. The van der Waals surface area contributed by atoms with Crippen molar-refractivity contribution in [1.29, 1.82) is 0 Å². The van der Waals surface area contributed by atoms with Gasteiger partial charge in [0, 0.05) is 5.56 Å². The lowest BCUT2D eigenvalue weighted by molar-refractivity contribution is -0.136. The second kappa shape index (κ2) is 11.0. The van der Waals surface area contributed by atoms with Crippen LogP contribution < -0.4 is 19.6 Å². The van der Waals surface area contributed by atoms with E-state index in [0.29, 0.717) is 38.3 Å². The molecule has 0 fully saturated rings. The molecule has 0 amide bonds. The van der Waals surface area contributed by atoms with Crippen molar-refractivity contribution >= 4 is 23.4 Å². The number of nitrogens with zero attached hydrogens (tertiary/aromatic N) is 2. The van der Waals surface area contributed by atoms with Crippen molar-refractivity contribution in [3.05, 3.63) is 132 Å². The lowest BCUT2D eigenvalue weighted by Gasteiger charge is -2.25. The molecule has 1 atom stereocenters. The maximum Gasteiger partial charge on any atom is 0.338 e. The standard InChI is InChI=1S/C30H25FN2O4S/c1-3-24-26(29(35)36-2)27(20-11-5-4-6-12-20)33-28(34)25(38-30(33)32-24)17-19-10-9-14-22(16-19)37-18-21-13-7-8-15-23(21)31/h4-17,27H,3,18H2,1-2H3/b25-17+/t27-/m0/s1. The molecule has 192 valence electrons. The van der Waals surface area contributed by atoms with Crippen LogP contribution in [0, 0.1) is 5.82 Å². The highest BCUT2D eigenvalue weighted by atomic mass is 32.1. The van der Waals surface area contributed by atoms with Crippen molar-refractivity contribution in [2.24, 2.45) is 4.99 Å². The van der Waals surface area contributed by atoms with Gasteiger partial charge in [0.15, 0.2) is 4.80 Å². The van der Waals surface area contributed by atoms with Gasteiger partial charge in [-0.25, -0.2) is 14.2 Å². The Bertz CT molecular complexity index is 1710. The van der Waals surface area contributed by atoms with Gasteiger partial charge in [-0.15, -0.1) is 0 Å². The highest BCUT2D eigenvalue weighted by molar-refractivity contribution is 7.07. The SMILES string of the molecule is CCC1=C(C(=O)OC)[C@H](c2ccccc2)n2c(s/c(=C/c3cccc(OCc4ccccc4F)c3)c2=O)=N1. The summed E-state index contributed by atoms with van der Waals surface area (Å²) in [7, 11) is 1.33. The number of allylic oxidation sites excluding steroid dienone is 1. The number of ether oxygens (including phenoxy) is 2. The van der Waals surface area contributed by atoms with Gasteiger partial charge in [0.1, 0.15) is 18.2 Å². The Balaban J connectivity index is 1.56. The molecule has 0 saturated heterocycles. The molecule has 5 rings (SSSR count). The van der Waals surface area contributed by atoms with E-state index < -0.39 is 12.0 Å². The average molecular weight is 529 g/mol. The Labute approximate surface area is 222 Å². The molecule has 1 aliphatic rings. The number of benzene rings is 3. The van der Waals surface area contributed by atoms with E-state index in [1.54, 1.807) is 41.0 Å². The molecule has 0 unspecified atom stereocenters. The second-order valence-electron chi connectivity index (χ2n) is 8.65. The summed E-state index contributed by atoms with van der Waals surface area (Å²) in [5.41, 5.74) is 2.72. The molecular formula is C30H25FN2O4S. The average Bonchev–Trinajstić information content (AvgIpc) is 3.26. The summed E-state index contributed by atoms with van der Waals surface area (Å²) in [6.07, 6.45) is 2.29. The molecule has 0 spiro atoms. The molecule has 8 heteroatoms. The van der Waals surface area contributed by atoms with Gasteiger partial charge in [0.2, 0.25) is 0 Å². The minimum atomic E-state index is -0.646. The third kappa shape index (κ3) is 4.95. The third-order valence-electron chi connectivity index (χ3n) is 6.27. The van der Waals surface area contributed by atoms with E-state index in [4.69, 9.17) is 9.47 Å². The van der Waals surface area contributed by atoms with Gasteiger partial charge in [0.25, 0.3) is 5.56 Å². The van der Waals surface area contributed by atoms with Crippen LogP contribution in [0.4, 0.5) is 4.39 Å². The van der Waals surface area contributed by atoms with E-state index in [1.165, 1.54) is 24.5 Å². The highest BCUT2D eigenvalue weighted by Crippen LogP contribution is 2.31. The molecule has 3 aromatic carbocycles. The minimum Gasteiger partial charge on any atom is -0.489 e. The molecule has 1 aliphatic heterocycles. The Morgan fingerprint density at radius 2 is 1.84 bits per heavy atom. The fourth-order valence-electron chi connectivity index (χ4n) is 4.44. The summed E-state index contributed by atoms with van der Waals surface area (Å²) in [5.74, 6) is -0.276. The monoisotopic (exact) mass is 528 g/mol. The van der Waals surface area contributed by atoms with E-state index >= 15 is 0 Å². The van der Waals surface area contributed by atoms with Crippen LogP contribution >= 0.6 is 11.3 Å². The lowest BCUT2D eigenvalue weighted by Crippen LogP contribution is -2.40. The molecule has 0 radical (unpaired) electrons. The summed E-state index contributed by atoms with van der Waals surface area (Å²) in [4.78, 5) is 31.8. The zero-order chi connectivity index (χ0) is 26.6. The highest BCUT2D eigenvalue weighted by Gasteiger charge is 2.33. The minimum absolute atomic E-state index is 0.0888. The second-order valence-corrected chi connectivity index (χ2v) is 9.66. The molecule has 0 N–H and O–H groups in total. The number of hydrogen-bond donors (Lipinski definition) is 0. The molecule has 0 saturated carbocycles. The van der Waals surface area contributed by atoms with E-state index in [1.807, 2.05) is 49.4 Å². The number of esters is 1. The van der Waals surface area contributed by atoms with Crippen molar-refractivity contribution in [3.63, 3.8) is 0 Å². The Hall–Kier alpha value is -4.30. The van der Waals surface area contributed by atoms with Gasteiger partial charge in [-0.2, -0.15) is 0 Å². The zero-order valence-corrected chi connectivity index (χ0v) is 21.7. The van der Waals surface area contributed by atoms with Crippen molar-refractivity contribution < 1.29 is 18.7 Å². The summed E-state index contributed by atoms with van der Waals surface area (Å²) >= 11 is 1.27. The Morgan fingerprint density at radius 1 is 1.08 bits per heavy atom. The summed E-state index contributed by atoms with van der Waals surface area (Å²) in [6, 6.07) is 22.5. The molecule has 4 aromatic rings. The fourth-order valence-corrected chi connectivity index (χ4v) is 5.46. The van der Waals surface area contributed by atoms with Crippen LogP contribution in [0.5, 0.6) is 5.75 Å². The third-order valence-corrected chi connectivity index (χ3v) is 7.26. The molecule has 38 heavy (non-hydrogen) atoms. The van der Waals surface area contributed by atoms with Gasteiger partial charge < -0.3 is 9.47 Å². The first kappa shape index (κ1) is 25.4. The number of carbonyl (C=O) groups excluding carboxylic acids is 1. The molecule has 6 nitrogen and oxygen atoms in total. The van der Waals surface area contributed by atoms with Gasteiger partial charge in [-0.3, -0.25) is 9.36 Å². The first-order valence-electron chi connectivity index (χ1n) is 12.1. The molecular weight excluding hydrogens is 503 g/mol. The van der Waals surface area contributed by atoms with E-state index in [0.717, 1.165) is 11.1 Å². The van der Waals surface area contributed by atoms with Crippen LogP contribution in [-0.2, 0) is 16.1 Å². The van der Waals surface area contributed by atoms with Crippen LogP contribution in [-0.4, -0.2) is 17.6 Å². The number of halogens is 1. The number of carbonyl (C=O) groups is 1. The molecule has 2 heterocycles. The van der Waals surface area contributed by atoms with Crippen molar-refractivity contribution in [2.45, 2.75) is 26.0 Å². The summed E-state index contributed by atoms with van der Waals surface area (Å²) in [6.45, 7) is 2.01. The van der Waals surface area contributed by atoms with Gasteiger partial charge >= 0.3 is 5.97 Å². The molecule has 1 aromatic heterocycles. The first-order chi connectivity index (χ1) is 18.5. The predicted octanol–water partition coefficient (Wildman–Crippen LogP) is 4.52. The van der Waals surface area contributed by atoms with Crippen LogP contribution in [0.2, 0.25) is 0 Å². The number of rotatable bonds is 7. The largest absolute Gasteiger partial charge is 0.489 e. The fraction of sp³-hybridized carbons (Fsp3) is 0.167. The Morgan fingerprint density at radius 3 is 2.58 bits per heavy atom. The van der Waals surface area contributed by atoms with Gasteiger partial charge in [0.05, 0.1) is 29.0 Å². The van der Waals surface area contributed by atoms with Crippen LogP contribution in [0.3, 0.4) is 0 Å². The number of aromatic nitrogens is 1. The van der Waals surface area contributed by atoms with Crippen molar-refractivity contribution in [2.75, 3.05) is 7.11 Å². The topological polar surface area (TPSA) is 69.9 Å². The quantitative estimate of drug-likeness (QED) is 0.331. The van der Waals surface area contributed by atoms with Crippen molar-refractivity contribution in [1.82, 2.24) is 4.57 Å². The predicted molar refractivity (Wildman–Crippen MR) is 144 cm³/mol. The smallest absolute Gasteiger partial charge is 0.338 e. The van der Waals surface area contributed by atoms with Crippen LogP contribution in [0.15, 0.2) is 99.9 Å². The summed E-state index contributed by atoms with van der Waals surface area (Å²) < 4.78 is 26.9. The van der Waals surface area contributed by atoms with Crippen LogP contribution in [0.1, 0.15) is 36.1 Å². The zero-order valence-electron chi connectivity index (χ0n) is 20.9. The van der Waals surface area contributed by atoms with E-state index in [-0.39, 0.29) is 18.0 Å². The van der Waals surface area contributed by atoms with Crippen molar-refractivity contribution in [3.8, 4) is 5.75 Å². The molecule has 0 bridgehead atoms. The number of methoxy groups -OCH3 is 1. The maximum absolute atomic E-state index is 14.0.